The molecule has 2 aliphatic heterocycles. The predicted molar refractivity (Wildman–Crippen MR) is 98.1 cm³/mol. The van der Waals surface area contributed by atoms with E-state index in [1.807, 2.05) is 0 Å². The fourth-order valence-corrected chi connectivity index (χ4v) is 3.51. The molecule has 1 atom stereocenters. The molecule has 3 nitrogen and oxygen atoms in total. The van der Waals surface area contributed by atoms with E-state index in [1.165, 1.54) is 18.4 Å². The van der Waals surface area contributed by atoms with Gasteiger partial charge in [0, 0.05) is 11.7 Å². The van der Waals surface area contributed by atoms with Crippen molar-refractivity contribution < 1.29 is 14.0 Å². The van der Waals surface area contributed by atoms with E-state index in [-0.39, 0.29) is 18.3 Å². The van der Waals surface area contributed by atoms with Crippen molar-refractivity contribution in [2.75, 3.05) is 13.2 Å². The van der Waals surface area contributed by atoms with Crippen LogP contribution in [0.3, 0.4) is 0 Å². The van der Waals surface area contributed by atoms with Gasteiger partial charge in [0.25, 0.3) is 0 Å². The Morgan fingerprint density at radius 2 is 1.62 bits per heavy atom. The molecular weight excluding hydrogens is 299 g/mol. The quantitative estimate of drug-likeness (QED) is 0.544. The summed E-state index contributed by atoms with van der Waals surface area (Å²) in [5.41, 5.74) is 0.937. The van der Waals surface area contributed by atoms with Gasteiger partial charge in [0.05, 0.1) is 24.4 Å². The summed E-state index contributed by atoms with van der Waals surface area (Å²) in [4.78, 5) is 0. The van der Waals surface area contributed by atoms with Crippen LogP contribution in [0.5, 0.6) is 0 Å². The number of hydrogen-bond acceptors (Lipinski definition) is 3. The van der Waals surface area contributed by atoms with Crippen molar-refractivity contribution in [3.8, 4) is 0 Å². The SMILES string of the molecule is CC1(C)OB([C@@H](CCCCc2ccccc2)C2COC2)OC1(C)C. The molecule has 1 aromatic carbocycles. The molecule has 24 heavy (non-hydrogen) atoms. The minimum atomic E-state index is -0.245. The first-order chi connectivity index (χ1) is 11.4. The van der Waals surface area contributed by atoms with E-state index in [9.17, 15) is 0 Å². The Hall–Kier alpha value is -0.835. The maximum atomic E-state index is 6.32. The Morgan fingerprint density at radius 3 is 2.17 bits per heavy atom. The first-order valence-corrected chi connectivity index (χ1v) is 9.36. The van der Waals surface area contributed by atoms with Gasteiger partial charge in [-0.1, -0.05) is 43.2 Å². The van der Waals surface area contributed by atoms with Crippen LogP contribution in [0.2, 0.25) is 5.82 Å². The molecule has 0 bridgehead atoms. The molecule has 1 aromatic rings. The predicted octanol–water partition coefficient (Wildman–Crippen LogP) is 4.51. The minimum absolute atomic E-state index is 0.0966. The van der Waals surface area contributed by atoms with Gasteiger partial charge in [-0.25, -0.2) is 0 Å². The first-order valence-electron chi connectivity index (χ1n) is 9.36. The molecule has 0 aliphatic carbocycles. The molecule has 0 saturated carbocycles. The fraction of sp³-hybridized carbons (Fsp3) is 0.700. The lowest BCUT2D eigenvalue weighted by atomic mass is 9.62. The topological polar surface area (TPSA) is 27.7 Å². The Morgan fingerprint density at radius 1 is 1.00 bits per heavy atom. The average molecular weight is 330 g/mol. The highest BCUT2D eigenvalue weighted by Gasteiger charge is 2.55. The highest BCUT2D eigenvalue weighted by molar-refractivity contribution is 6.47. The molecule has 0 amide bonds. The van der Waals surface area contributed by atoms with Crippen LogP contribution >= 0.6 is 0 Å². The first kappa shape index (κ1) is 18.0. The molecule has 0 radical (unpaired) electrons. The molecule has 4 heteroatoms. The third-order valence-electron chi connectivity index (χ3n) is 5.99. The smallest absolute Gasteiger partial charge is 0.403 e. The summed E-state index contributed by atoms with van der Waals surface area (Å²) >= 11 is 0. The second-order valence-corrected chi connectivity index (χ2v) is 8.32. The van der Waals surface area contributed by atoms with E-state index < -0.39 is 0 Å². The molecule has 132 valence electrons. The molecule has 2 aliphatic rings. The van der Waals surface area contributed by atoms with Gasteiger partial charge in [0.2, 0.25) is 0 Å². The lowest BCUT2D eigenvalue weighted by Gasteiger charge is -2.35. The zero-order valence-electron chi connectivity index (χ0n) is 15.6. The molecule has 2 saturated heterocycles. The number of hydrogen-bond donors (Lipinski definition) is 0. The maximum Gasteiger partial charge on any atom is 0.461 e. The number of rotatable bonds is 7. The second-order valence-electron chi connectivity index (χ2n) is 8.32. The van der Waals surface area contributed by atoms with Crippen LogP contribution in [0.15, 0.2) is 30.3 Å². The van der Waals surface area contributed by atoms with Crippen LogP contribution in [0.4, 0.5) is 0 Å². The van der Waals surface area contributed by atoms with Gasteiger partial charge in [0.15, 0.2) is 0 Å². The fourth-order valence-electron chi connectivity index (χ4n) is 3.51. The lowest BCUT2D eigenvalue weighted by Crippen LogP contribution is -2.41. The molecule has 0 N–H and O–H groups in total. The second kappa shape index (κ2) is 7.19. The highest BCUT2D eigenvalue weighted by atomic mass is 16.7. The Balaban J connectivity index is 1.53. The summed E-state index contributed by atoms with van der Waals surface area (Å²) in [6.07, 6.45) is 4.73. The maximum absolute atomic E-state index is 6.32. The number of unbranched alkanes of at least 4 members (excludes halogenated alkanes) is 1. The van der Waals surface area contributed by atoms with Gasteiger partial charge in [-0.3, -0.25) is 0 Å². The van der Waals surface area contributed by atoms with Crippen molar-refractivity contribution >= 4 is 7.12 Å². The van der Waals surface area contributed by atoms with Crippen LogP contribution in [0.25, 0.3) is 0 Å². The largest absolute Gasteiger partial charge is 0.461 e. The van der Waals surface area contributed by atoms with Gasteiger partial charge < -0.3 is 14.0 Å². The van der Waals surface area contributed by atoms with E-state index >= 15 is 0 Å². The zero-order valence-corrected chi connectivity index (χ0v) is 15.6. The van der Waals surface area contributed by atoms with E-state index in [4.69, 9.17) is 14.0 Å². The van der Waals surface area contributed by atoms with E-state index in [0.717, 1.165) is 26.1 Å². The minimum Gasteiger partial charge on any atom is -0.403 e. The van der Waals surface area contributed by atoms with Gasteiger partial charge in [-0.05, 0) is 46.1 Å². The Bertz CT molecular complexity index is 509. The van der Waals surface area contributed by atoms with Crippen molar-refractivity contribution in [2.45, 2.75) is 70.4 Å². The summed E-state index contributed by atoms with van der Waals surface area (Å²) in [6, 6.07) is 10.7. The molecule has 2 heterocycles. The third kappa shape index (κ3) is 3.87. The monoisotopic (exact) mass is 330 g/mol. The molecule has 3 rings (SSSR count). The van der Waals surface area contributed by atoms with Gasteiger partial charge in [-0.2, -0.15) is 0 Å². The molecule has 0 aromatic heterocycles. The van der Waals surface area contributed by atoms with Crippen molar-refractivity contribution in [3.63, 3.8) is 0 Å². The summed E-state index contributed by atoms with van der Waals surface area (Å²) in [7, 11) is -0.0966. The van der Waals surface area contributed by atoms with Gasteiger partial charge in [0.1, 0.15) is 0 Å². The number of benzene rings is 1. The summed E-state index contributed by atoms with van der Waals surface area (Å²) < 4.78 is 18.1. The Kier molecular flexibility index (Phi) is 5.38. The summed E-state index contributed by atoms with van der Waals surface area (Å²) in [6.45, 7) is 10.3. The van der Waals surface area contributed by atoms with Gasteiger partial charge in [-0.15, -0.1) is 0 Å². The van der Waals surface area contributed by atoms with Crippen LogP contribution in [0.1, 0.15) is 52.5 Å². The highest BCUT2D eigenvalue weighted by Crippen LogP contribution is 2.44. The van der Waals surface area contributed by atoms with Crippen LogP contribution in [-0.2, 0) is 20.5 Å². The van der Waals surface area contributed by atoms with Crippen LogP contribution in [0, 0.1) is 5.92 Å². The lowest BCUT2D eigenvalue weighted by molar-refractivity contribution is -0.0410. The van der Waals surface area contributed by atoms with Crippen molar-refractivity contribution in [3.05, 3.63) is 35.9 Å². The molecule has 0 spiro atoms. The average Bonchev–Trinajstić information content (AvgIpc) is 2.69. The van der Waals surface area contributed by atoms with Gasteiger partial charge >= 0.3 is 7.12 Å². The molecule has 0 unspecified atom stereocenters. The van der Waals surface area contributed by atoms with Crippen LogP contribution in [-0.4, -0.2) is 31.5 Å². The Labute approximate surface area is 147 Å². The third-order valence-corrected chi connectivity index (χ3v) is 5.99. The standard InChI is InChI=1S/C20H31BO3/c1-19(2)20(3,4)24-21(23-19)18(17-14-22-15-17)13-9-8-12-16-10-6-5-7-11-16/h5-7,10-11,17-18H,8-9,12-15H2,1-4H3/t18-/m0/s1. The molecule has 2 fully saturated rings. The van der Waals surface area contributed by atoms with E-state index in [0.29, 0.717) is 11.7 Å². The summed E-state index contributed by atoms with van der Waals surface area (Å²) in [5.74, 6) is 1.02. The van der Waals surface area contributed by atoms with Crippen molar-refractivity contribution in [2.24, 2.45) is 5.92 Å². The van der Waals surface area contributed by atoms with Crippen LogP contribution < -0.4 is 0 Å². The normalized spacial score (nSPS) is 23.9. The molecular formula is C20H31BO3. The number of aryl methyl sites for hydroxylation is 1. The van der Waals surface area contributed by atoms with Crippen molar-refractivity contribution in [1.82, 2.24) is 0 Å². The van der Waals surface area contributed by atoms with Crippen molar-refractivity contribution in [1.29, 1.82) is 0 Å². The summed E-state index contributed by atoms with van der Waals surface area (Å²) in [5, 5.41) is 0. The van der Waals surface area contributed by atoms with E-state index in [1.54, 1.807) is 0 Å². The number of ether oxygens (including phenoxy) is 1. The zero-order chi connectivity index (χ0) is 17.2. The van der Waals surface area contributed by atoms with E-state index in [2.05, 4.69) is 58.0 Å².